The lowest BCUT2D eigenvalue weighted by Crippen LogP contribution is -2.31. The maximum absolute atomic E-state index is 14.3. The third-order valence-electron chi connectivity index (χ3n) is 4.69. The summed E-state index contributed by atoms with van der Waals surface area (Å²) in [5, 5.41) is 0.447. The molecule has 146 valence electrons. The van der Waals surface area contributed by atoms with Crippen LogP contribution >= 0.6 is 11.3 Å². The van der Waals surface area contributed by atoms with Gasteiger partial charge in [0.05, 0.1) is 22.3 Å². The summed E-state index contributed by atoms with van der Waals surface area (Å²) in [5.74, 6) is -2.22. The van der Waals surface area contributed by atoms with Crippen LogP contribution in [0.4, 0.5) is 13.9 Å². The summed E-state index contributed by atoms with van der Waals surface area (Å²) in [5.41, 5.74) is 3.57. The molecule has 0 aliphatic carbocycles. The van der Waals surface area contributed by atoms with Crippen LogP contribution in [0.25, 0.3) is 10.2 Å². The molecule has 0 unspecified atom stereocenters. The lowest BCUT2D eigenvalue weighted by atomic mass is 10.1. The zero-order valence-corrected chi connectivity index (χ0v) is 16.6. The van der Waals surface area contributed by atoms with E-state index < -0.39 is 17.5 Å². The number of halogens is 2. The van der Waals surface area contributed by atoms with Crippen molar-refractivity contribution in [3.05, 3.63) is 88.7 Å². The molecule has 2 heterocycles. The number of aryl methyl sites for hydroxylation is 2. The quantitative estimate of drug-likeness (QED) is 0.451. The van der Waals surface area contributed by atoms with Crippen LogP contribution in [0, 0.1) is 25.5 Å². The van der Waals surface area contributed by atoms with Gasteiger partial charge in [0.25, 0.3) is 5.91 Å². The first-order valence-electron chi connectivity index (χ1n) is 8.96. The number of rotatable bonds is 4. The second-order valence-corrected chi connectivity index (χ2v) is 7.79. The van der Waals surface area contributed by atoms with Crippen molar-refractivity contribution in [3.63, 3.8) is 0 Å². The van der Waals surface area contributed by atoms with E-state index in [9.17, 15) is 13.6 Å². The largest absolute Gasteiger partial charge is 0.279 e. The minimum atomic E-state index is -0.904. The van der Waals surface area contributed by atoms with Gasteiger partial charge in [-0.2, -0.15) is 0 Å². The summed E-state index contributed by atoms with van der Waals surface area (Å²) in [4.78, 5) is 23.3. The third kappa shape index (κ3) is 3.86. The van der Waals surface area contributed by atoms with Crippen molar-refractivity contribution >= 4 is 32.6 Å². The average molecular weight is 409 g/mol. The molecule has 0 fully saturated rings. The molecule has 4 nitrogen and oxygen atoms in total. The van der Waals surface area contributed by atoms with Gasteiger partial charge >= 0.3 is 0 Å². The first kappa shape index (κ1) is 19.1. The van der Waals surface area contributed by atoms with Gasteiger partial charge in [-0.15, -0.1) is 0 Å². The summed E-state index contributed by atoms with van der Waals surface area (Å²) in [6.07, 6.45) is 3.28. The normalized spacial score (nSPS) is 11.0. The van der Waals surface area contributed by atoms with Crippen molar-refractivity contribution in [3.8, 4) is 0 Å². The number of anilines is 1. The molecule has 0 spiro atoms. The highest BCUT2D eigenvalue weighted by atomic mass is 32.1. The lowest BCUT2D eigenvalue weighted by molar-refractivity contribution is 0.0981. The molecule has 4 rings (SSSR count). The van der Waals surface area contributed by atoms with Crippen molar-refractivity contribution in [1.29, 1.82) is 0 Å². The van der Waals surface area contributed by atoms with Crippen LogP contribution in [0.2, 0.25) is 0 Å². The Hall–Kier alpha value is -3.19. The van der Waals surface area contributed by atoms with Crippen LogP contribution in [0.1, 0.15) is 27.0 Å². The van der Waals surface area contributed by atoms with Gasteiger partial charge < -0.3 is 0 Å². The summed E-state index contributed by atoms with van der Waals surface area (Å²) in [6, 6.07) is 10.5. The summed E-state index contributed by atoms with van der Waals surface area (Å²) < 4.78 is 28.6. The monoisotopic (exact) mass is 409 g/mol. The molecule has 7 heteroatoms. The SMILES string of the molecule is Cc1cc2nc(N(Cc3cccnc3)C(=O)c3ccc(F)cc3F)sc2cc1C. The number of thiazole rings is 1. The van der Waals surface area contributed by atoms with E-state index in [4.69, 9.17) is 0 Å². The number of carbonyl (C=O) groups is 1. The highest BCUT2D eigenvalue weighted by molar-refractivity contribution is 7.22. The molecule has 0 bridgehead atoms. The highest BCUT2D eigenvalue weighted by Crippen LogP contribution is 2.32. The van der Waals surface area contributed by atoms with E-state index >= 15 is 0 Å². The van der Waals surface area contributed by atoms with Gasteiger partial charge in [-0.25, -0.2) is 13.8 Å². The van der Waals surface area contributed by atoms with E-state index in [1.807, 2.05) is 32.0 Å². The van der Waals surface area contributed by atoms with E-state index in [1.165, 1.54) is 16.2 Å². The molecule has 0 atom stereocenters. The minimum absolute atomic E-state index is 0.168. The second-order valence-electron chi connectivity index (χ2n) is 6.78. The number of fused-ring (bicyclic) bond motifs is 1. The van der Waals surface area contributed by atoms with Crippen LogP contribution in [0.15, 0.2) is 54.9 Å². The molecule has 0 N–H and O–H groups in total. The molecule has 1 amide bonds. The predicted octanol–water partition coefficient (Wildman–Crippen LogP) is 5.43. The number of carbonyl (C=O) groups excluding carboxylic acids is 1. The van der Waals surface area contributed by atoms with Gasteiger partial charge in [-0.3, -0.25) is 14.7 Å². The predicted molar refractivity (Wildman–Crippen MR) is 110 cm³/mol. The van der Waals surface area contributed by atoms with E-state index in [2.05, 4.69) is 9.97 Å². The maximum Gasteiger partial charge on any atom is 0.263 e. The third-order valence-corrected chi connectivity index (χ3v) is 5.73. The van der Waals surface area contributed by atoms with E-state index in [-0.39, 0.29) is 12.1 Å². The van der Waals surface area contributed by atoms with Crippen molar-refractivity contribution in [2.24, 2.45) is 0 Å². The number of pyridine rings is 1. The number of hydrogen-bond acceptors (Lipinski definition) is 4. The van der Waals surface area contributed by atoms with E-state index in [0.717, 1.165) is 39.0 Å². The Morgan fingerprint density at radius 1 is 1.10 bits per heavy atom. The minimum Gasteiger partial charge on any atom is -0.279 e. The Bertz CT molecular complexity index is 1170. The van der Waals surface area contributed by atoms with Crippen molar-refractivity contribution in [1.82, 2.24) is 9.97 Å². The first-order chi connectivity index (χ1) is 13.9. The van der Waals surface area contributed by atoms with Gasteiger partial charge in [-0.05, 0) is 60.9 Å². The second kappa shape index (κ2) is 7.67. The first-order valence-corrected chi connectivity index (χ1v) is 9.77. The van der Waals surface area contributed by atoms with Crippen molar-refractivity contribution < 1.29 is 13.6 Å². The summed E-state index contributed by atoms with van der Waals surface area (Å²) >= 11 is 1.36. The van der Waals surface area contributed by atoms with E-state index in [0.29, 0.717) is 11.2 Å². The van der Waals surface area contributed by atoms with Crippen LogP contribution in [0.3, 0.4) is 0 Å². The Morgan fingerprint density at radius 2 is 1.90 bits per heavy atom. The number of amides is 1. The number of hydrogen-bond donors (Lipinski definition) is 0. The smallest absolute Gasteiger partial charge is 0.263 e. The molecule has 0 aliphatic heterocycles. The maximum atomic E-state index is 14.3. The number of aromatic nitrogens is 2. The zero-order valence-electron chi connectivity index (χ0n) is 15.8. The lowest BCUT2D eigenvalue weighted by Gasteiger charge is -2.20. The molecule has 0 radical (unpaired) electrons. The molecule has 2 aromatic carbocycles. The van der Waals surface area contributed by atoms with Crippen LogP contribution in [-0.2, 0) is 6.54 Å². The molecule has 0 saturated heterocycles. The van der Waals surface area contributed by atoms with Crippen LogP contribution in [0.5, 0.6) is 0 Å². The molecule has 2 aromatic heterocycles. The fourth-order valence-electron chi connectivity index (χ4n) is 2.99. The Labute approximate surface area is 170 Å². The summed E-state index contributed by atoms with van der Waals surface area (Å²) in [6.45, 7) is 4.18. The Morgan fingerprint density at radius 3 is 2.62 bits per heavy atom. The van der Waals surface area contributed by atoms with Gasteiger partial charge in [0.15, 0.2) is 5.13 Å². The number of nitrogens with zero attached hydrogens (tertiary/aromatic N) is 3. The Balaban J connectivity index is 1.80. The highest BCUT2D eigenvalue weighted by Gasteiger charge is 2.24. The fraction of sp³-hybridized carbons (Fsp3) is 0.136. The average Bonchev–Trinajstić information content (AvgIpc) is 3.09. The van der Waals surface area contributed by atoms with Gasteiger partial charge in [0.2, 0.25) is 0 Å². The molecular weight excluding hydrogens is 392 g/mol. The van der Waals surface area contributed by atoms with Crippen molar-refractivity contribution in [2.75, 3.05) is 4.90 Å². The fourth-order valence-corrected chi connectivity index (χ4v) is 4.04. The number of benzene rings is 2. The summed E-state index contributed by atoms with van der Waals surface area (Å²) in [7, 11) is 0. The van der Waals surface area contributed by atoms with Crippen LogP contribution in [-0.4, -0.2) is 15.9 Å². The molecule has 29 heavy (non-hydrogen) atoms. The molecule has 0 saturated carbocycles. The topological polar surface area (TPSA) is 46.1 Å². The van der Waals surface area contributed by atoms with E-state index in [1.54, 1.807) is 18.5 Å². The molecule has 0 aliphatic rings. The van der Waals surface area contributed by atoms with Gasteiger partial charge in [0.1, 0.15) is 11.6 Å². The van der Waals surface area contributed by atoms with Gasteiger partial charge in [0, 0.05) is 18.5 Å². The van der Waals surface area contributed by atoms with Crippen molar-refractivity contribution in [2.45, 2.75) is 20.4 Å². The van der Waals surface area contributed by atoms with Crippen LogP contribution < -0.4 is 4.90 Å². The molecular formula is C22H17F2N3OS. The zero-order chi connectivity index (χ0) is 20.5. The van der Waals surface area contributed by atoms with Gasteiger partial charge in [-0.1, -0.05) is 17.4 Å². The molecule has 4 aromatic rings. The standard InChI is InChI=1S/C22H17F2N3OS/c1-13-8-19-20(9-14(13)2)29-22(26-19)27(12-15-4-3-7-25-11-15)21(28)17-6-5-16(23)10-18(17)24/h3-11H,12H2,1-2H3. The Kier molecular flexibility index (Phi) is 5.07.